The van der Waals surface area contributed by atoms with Crippen LogP contribution in [0.3, 0.4) is 0 Å². The van der Waals surface area contributed by atoms with Gasteiger partial charge in [0.05, 0.1) is 7.11 Å². The van der Waals surface area contributed by atoms with Crippen molar-refractivity contribution >= 4 is 46.7 Å². The highest BCUT2D eigenvalue weighted by Gasteiger charge is 2.15. The van der Waals surface area contributed by atoms with Gasteiger partial charge in [-0.05, 0) is 71.6 Å². The van der Waals surface area contributed by atoms with Gasteiger partial charge in [0.25, 0.3) is 11.8 Å². The summed E-state index contributed by atoms with van der Waals surface area (Å²) in [6, 6.07) is 28.4. The van der Waals surface area contributed by atoms with Crippen LogP contribution in [-0.2, 0) is 10.5 Å². The predicted octanol–water partition coefficient (Wildman–Crippen LogP) is 6.46. The Morgan fingerprint density at radius 2 is 1.66 bits per heavy atom. The van der Waals surface area contributed by atoms with Gasteiger partial charge in [0.1, 0.15) is 11.4 Å². The number of amides is 2. The van der Waals surface area contributed by atoms with E-state index in [2.05, 4.69) is 22.8 Å². The van der Waals surface area contributed by atoms with Crippen molar-refractivity contribution in [1.29, 1.82) is 0 Å². The molecule has 1 aromatic heterocycles. The molecule has 35 heavy (non-hydrogen) atoms. The maximum atomic E-state index is 13.1. The molecular formula is C28H24N2O3S2. The fourth-order valence-electron chi connectivity index (χ4n) is 3.18. The van der Waals surface area contributed by atoms with E-state index in [0.717, 1.165) is 16.2 Å². The van der Waals surface area contributed by atoms with Crippen molar-refractivity contribution in [1.82, 2.24) is 5.32 Å². The van der Waals surface area contributed by atoms with Crippen LogP contribution < -0.4 is 15.4 Å². The molecule has 0 aliphatic rings. The Labute approximate surface area is 212 Å². The summed E-state index contributed by atoms with van der Waals surface area (Å²) in [5.74, 6) is 0.712. The molecule has 2 N–H and O–H groups in total. The van der Waals surface area contributed by atoms with Crippen LogP contribution >= 0.6 is 23.1 Å². The summed E-state index contributed by atoms with van der Waals surface area (Å²) in [6.45, 7) is 0. The second-order valence-corrected chi connectivity index (χ2v) is 9.54. The molecule has 2 amide bonds. The third kappa shape index (κ3) is 7.09. The number of thiophene rings is 1. The van der Waals surface area contributed by atoms with Gasteiger partial charge in [-0.3, -0.25) is 9.59 Å². The first-order valence-corrected chi connectivity index (χ1v) is 12.8. The van der Waals surface area contributed by atoms with Gasteiger partial charge in [-0.2, -0.15) is 0 Å². The van der Waals surface area contributed by atoms with E-state index in [1.165, 1.54) is 16.2 Å². The minimum absolute atomic E-state index is 0.164. The van der Waals surface area contributed by atoms with Crippen LogP contribution in [0.15, 0.2) is 107 Å². The molecule has 0 radical (unpaired) electrons. The number of hydrogen-bond donors (Lipinski definition) is 2. The Morgan fingerprint density at radius 1 is 0.914 bits per heavy atom. The van der Waals surface area contributed by atoms with Gasteiger partial charge in [0.15, 0.2) is 0 Å². The topological polar surface area (TPSA) is 67.4 Å². The molecule has 0 aliphatic carbocycles. The molecule has 1 heterocycles. The SMILES string of the molecule is COc1ccc(C(=O)N/C(=C\c2cccs2)C(=O)Nc2ccc(CSc3ccccc3)cc2)cc1. The average Bonchev–Trinajstić information content (AvgIpc) is 3.42. The van der Waals surface area contributed by atoms with Crippen molar-refractivity contribution < 1.29 is 14.3 Å². The number of methoxy groups -OCH3 is 1. The molecule has 0 aliphatic heterocycles. The number of thioether (sulfide) groups is 1. The number of nitrogens with one attached hydrogen (secondary N) is 2. The average molecular weight is 501 g/mol. The van der Waals surface area contributed by atoms with Crippen LogP contribution in [-0.4, -0.2) is 18.9 Å². The van der Waals surface area contributed by atoms with Gasteiger partial charge in [-0.15, -0.1) is 23.1 Å². The molecule has 0 atom stereocenters. The fraction of sp³-hybridized carbons (Fsp3) is 0.0714. The lowest BCUT2D eigenvalue weighted by molar-refractivity contribution is -0.113. The van der Waals surface area contributed by atoms with E-state index in [-0.39, 0.29) is 11.6 Å². The summed E-state index contributed by atoms with van der Waals surface area (Å²) in [6.07, 6.45) is 1.67. The Kier molecular flexibility index (Phi) is 8.38. The summed E-state index contributed by atoms with van der Waals surface area (Å²) in [7, 11) is 1.57. The monoisotopic (exact) mass is 500 g/mol. The molecule has 5 nitrogen and oxygen atoms in total. The van der Waals surface area contributed by atoms with Gasteiger partial charge < -0.3 is 15.4 Å². The first-order chi connectivity index (χ1) is 17.1. The summed E-state index contributed by atoms with van der Waals surface area (Å²) in [4.78, 5) is 28.0. The molecule has 0 bridgehead atoms. The van der Waals surface area contributed by atoms with Crippen LogP contribution in [0.4, 0.5) is 5.69 Å². The first-order valence-electron chi connectivity index (χ1n) is 10.9. The second kappa shape index (κ2) is 12.1. The Bertz CT molecular complexity index is 1280. The van der Waals surface area contributed by atoms with E-state index in [1.807, 2.05) is 60.0 Å². The smallest absolute Gasteiger partial charge is 0.272 e. The zero-order valence-corrected chi connectivity index (χ0v) is 20.7. The third-order valence-electron chi connectivity index (χ3n) is 5.04. The predicted molar refractivity (Wildman–Crippen MR) is 144 cm³/mol. The quantitative estimate of drug-likeness (QED) is 0.204. The zero-order chi connectivity index (χ0) is 24.5. The van der Waals surface area contributed by atoms with Crippen molar-refractivity contribution in [3.8, 4) is 5.75 Å². The van der Waals surface area contributed by atoms with E-state index >= 15 is 0 Å². The van der Waals surface area contributed by atoms with Crippen molar-refractivity contribution in [2.75, 3.05) is 12.4 Å². The lowest BCUT2D eigenvalue weighted by Crippen LogP contribution is -2.30. The standard InChI is InChI=1S/C28H24N2O3S2/c1-33-23-15-11-21(12-16-23)27(31)30-26(18-25-8-5-17-34-25)28(32)29-22-13-9-20(10-14-22)19-35-24-6-3-2-4-7-24/h2-18H,19H2,1H3,(H,29,32)(H,30,31)/b26-18-. The fourth-order valence-corrected chi connectivity index (χ4v) is 4.71. The highest BCUT2D eigenvalue weighted by molar-refractivity contribution is 7.98. The Hall–Kier alpha value is -3.81. The minimum atomic E-state index is -0.397. The lowest BCUT2D eigenvalue weighted by Gasteiger charge is -2.12. The molecule has 0 saturated heterocycles. The van der Waals surface area contributed by atoms with Crippen LogP contribution in [0.2, 0.25) is 0 Å². The number of anilines is 1. The summed E-state index contributed by atoms with van der Waals surface area (Å²) in [5.41, 5.74) is 2.39. The molecule has 0 fully saturated rings. The van der Waals surface area contributed by atoms with Crippen LogP contribution in [0.1, 0.15) is 20.8 Å². The molecule has 0 spiro atoms. The maximum Gasteiger partial charge on any atom is 0.272 e. The van der Waals surface area contributed by atoms with Crippen molar-refractivity contribution in [2.45, 2.75) is 10.6 Å². The zero-order valence-electron chi connectivity index (χ0n) is 19.1. The molecule has 3 aromatic carbocycles. The highest BCUT2D eigenvalue weighted by Crippen LogP contribution is 2.23. The second-order valence-electron chi connectivity index (χ2n) is 7.51. The van der Waals surface area contributed by atoms with Crippen LogP contribution in [0, 0.1) is 0 Å². The lowest BCUT2D eigenvalue weighted by atomic mass is 10.2. The minimum Gasteiger partial charge on any atom is -0.497 e. The number of benzene rings is 3. The Morgan fingerprint density at radius 3 is 2.31 bits per heavy atom. The molecule has 4 aromatic rings. The van der Waals surface area contributed by atoms with E-state index in [1.54, 1.807) is 49.2 Å². The number of carbonyl (C=O) groups is 2. The molecule has 0 unspecified atom stereocenters. The molecule has 176 valence electrons. The molecular weight excluding hydrogens is 476 g/mol. The number of ether oxygens (including phenoxy) is 1. The normalized spacial score (nSPS) is 11.1. The van der Waals surface area contributed by atoms with Gasteiger partial charge >= 0.3 is 0 Å². The maximum absolute atomic E-state index is 13.1. The summed E-state index contributed by atoms with van der Waals surface area (Å²) in [5, 5.41) is 7.55. The number of hydrogen-bond acceptors (Lipinski definition) is 5. The summed E-state index contributed by atoms with van der Waals surface area (Å²) >= 11 is 3.24. The molecule has 7 heteroatoms. The van der Waals surface area contributed by atoms with Gasteiger partial charge in [-0.1, -0.05) is 36.4 Å². The first kappa shape index (κ1) is 24.3. The van der Waals surface area contributed by atoms with Gasteiger partial charge in [-0.25, -0.2) is 0 Å². The summed E-state index contributed by atoms with van der Waals surface area (Å²) < 4.78 is 5.14. The van der Waals surface area contributed by atoms with E-state index in [4.69, 9.17) is 4.74 Å². The Balaban J connectivity index is 1.43. The largest absolute Gasteiger partial charge is 0.497 e. The molecule has 0 saturated carbocycles. The van der Waals surface area contributed by atoms with E-state index in [0.29, 0.717) is 17.0 Å². The number of rotatable bonds is 9. The van der Waals surface area contributed by atoms with Crippen molar-refractivity contribution in [2.24, 2.45) is 0 Å². The molecule has 4 rings (SSSR count). The van der Waals surface area contributed by atoms with Crippen LogP contribution in [0.25, 0.3) is 6.08 Å². The van der Waals surface area contributed by atoms with E-state index in [9.17, 15) is 9.59 Å². The van der Waals surface area contributed by atoms with Crippen LogP contribution in [0.5, 0.6) is 5.75 Å². The van der Waals surface area contributed by atoms with Gasteiger partial charge in [0, 0.05) is 26.8 Å². The van der Waals surface area contributed by atoms with Crippen molar-refractivity contribution in [3.63, 3.8) is 0 Å². The van der Waals surface area contributed by atoms with Gasteiger partial charge in [0.2, 0.25) is 0 Å². The number of carbonyl (C=O) groups excluding carboxylic acids is 2. The van der Waals surface area contributed by atoms with Crippen molar-refractivity contribution in [3.05, 3.63) is 118 Å². The third-order valence-corrected chi connectivity index (χ3v) is 6.94. The van der Waals surface area contributed by atoms with E-state index < -0.39 is 5.91 Å². The highest BCUT2D eigenvalue weighted by atomic mass is 32.2.